The summed E-state index contributed by atoms with van der Waals surface area (Å²) in [6, 6.07) is 3.74. The van der Waals surface area contributed by atoms with E-state index in [0.717, 1.165) is 17.6 Å². The molecular formula is C13H16O2. The van der Waals surface area contributed by atoms with Crippen LogP contribution in [0.5, 0.6) is 0 Å². The Labute approximate surface area is 89.7 Å². The zero-order valence-electron chi connectivity index (χ0n) is 8.82. The largest absolute Gasteiger partial charge is 0.469 e. The topological polar surface area (TPSA) is 30.2 Å². The first-order valence-electron chi connectivity index (χ1n) is 5.91. The molecular weight excluding hydrogens is 188 g/mol. The molecule has 2 atom stereocenters. The molecule has 2 nitrogen and oxygen atoms in total. The smallest absolute Gasteiger partial charge is 0.144 e. The zero-order valence-corrected chi connectivity index (χ0v) is 8.82. The molecule has 0 bridgehead atoms. The highest BCUT2D eigenvalue weighted by molar-refractivity contribution is 5.86. The standard InChI is InChI=1S/C13H16O2/c14-12(8-9-4-3-7-15-9)13-10-5-1-2-6-11(10)13/h3-4,7,10-11,13H,1-2,5-6,8H2. The number of Topliss-reactive ketones (excluding diaryl/α,β-unsaturated/α-hetero) is 1. The minimum Gasteiger partial charge on any atom is -0.469 e. The SMILES string of the molecule is O=C(Cc1ccco1)C1C2CCCCC21. The summed E-state index contributed by atoms with van der Waals surface area (Å²) < 4.78 is 5.21. The van der Waals surface area contributed by atoms with Crippen molar-refractivity contribution in [2.45, 2.75) is 32.1 Å². The summed E-state index contributed by atoms with van der Waals surface area (Å²) in [5.41, 5.74) is 0. The second-order valence-electron chi connectivity index (χ2n) is 4.86. The van der Waals surface area contributed by atoms with Gasteiger partial charge in [-0.25, -0.2) is 0 Å². The van der Waals surface area contributed by atoms with Gasteiger partial charge < -0.3 is 4.42 Å². The molecule has 2 unspecified atom stereocenters. The van der Waals surface area contributed by atoms with Gasteiger partial charge in [0.2, 0.25) is 0 Å². The van der Waals surface area contributed by atoms with Crippen LogP contribution in [0.25, 0.3) is 0 Å². The third-order valence-corrected chi connectivity index (χ3v) is 3.96. The number of hydrogen-bond acceptors (Lipinski definition) is 2. The average Bonchev–Trinajstić information content (AvgIpc) is 2.77. The summed E-state index contributed by atoms with van der Waals surface area (Å²) in [7, 11) is 0. The van der Waals surface area contributed by atoms with Crippen molar-refractivity contribution >= 4 is 5.78 Å². The number of hydrogen-bond donors (Lipinski definition) is 0. The third kappa shape index (κ3) is 1.62. The molecule has 15 heavy (non-hydrogen) atoms. The number of furan rings is 1. The van der Waals surface area contributed by atoms with Gasteiger partial charge in [0.1, 0.15) is 11.5 Å². The summed E-state index contributed by atoms with van der Waals surface area (Å²) in [5, 5.41) is 0. The van der Waals surface area contributed by atoms with Crippen molar-refractivity contribution in [1.82, 2.24) is 0 Å². The summed E-state index contributed by atoms with van der Waals surface area (Å²) in [4.78, 5) is 12.0. The van der Waals surface area contributed by atoms with Gasteiger partial charge in [-0.2, -0.15) is 0 Å². The maximum absolute atomic E-state index is 12.0. The lowest BCUT2D eigenvalue weighted by molar-refractivity contribution is -0.120. The number of carbonyl (C=O) groups is 1. The Morgan fingerprint density at radius 1 is 1.33 bits per heavy atom. The molecule has 3 rings (SSSR count). The van der Waals surface area contributed by atoms with E-state index < -0.39 is 0 Å². The van der Waals surface area contributed by atoms with Crippen LogP contribution in [0.2, 0.25) is 0 Å². The van der Waals surface area contributed by atoms with E-state index in [2.05, 4.69) is 0 Å². The summed E-state index contributed by atoms with van der Waals surface area (Å²) >= 11 is 0. The van der Waals surface area contributed by atoms with Crippen molar-refractivity contribution in [2.75, 3.05) is 0 Å². The Hall–Kier alpha value is -1.05. The molecule has 0 saturated heterocycles. The molecule has 0 spiro atoms. The van der Waals surface area contributed by atoms with Gasteiger partial charge in [0, 0.05) is 5.92 Å². The normalized spacial score (nSPS) is 33.5. The van der Waals surface area contributed by atoms with Gasteiger partial charge in [-0.3, -0.25) is 4.79 Å². The van der Waals surface area contributed by atoms with Crippen molar-refractivity contribution in [3.05, 3.63) is 24.2 Å². The molecule has 1 aromatic heterocycles. The van der Waals surface area contributed by atoms with Crippen molar-refractivity contribution in [3.8, 4) is 0 Å². The lowest BCUT2D eigenvalue weighted by atomic mass is 10.0. The van der Waals surface area contributed by atoms with E-state index in [4.69, 9.17) is 4.42 Å². The summed E-state index contributed by atoms with van der Waals surface area (Å²) in [5.74, 6) is 3.05. The van der Waals surface area contributed by atoms with Crippen LogP contribution in [0.3, 0.4) is 0 Å². The molecule has 2 saturated carbocycles. The first-order chi connectivity index (χ1) is 7.36. The van der Waals surface area contributed by atoms with E-state index in [9.17, 15) is 4.79 Å². The van der Waals surface area contributed by atoms with Crippen LogP contribution >= 0.6 is 0 Å². The maximum Gasteiger partial charge on any atom is 0.144 e. The molecule has 1 heterocycles. The molecule has 2 aliphatic rings. The molecule has 0 aromatic carbocycles. The van der Waals surface area contributed by atoms with E-state index >= 15 is 0 Å². The highest BCUT2D eigenvalue weighted by Crippen LogP contribution is 2.55. The molecule has 0 radical (unpaired) electrons. The Kier molecular flexibility index (Phi) is 2.15. The second kappa shape index (κ2) is 3.51. The Balaban J connectivity index is 1.62. The predicted molar refractivity (Wildman–Crippen MR) is 56.4 cm³/mol. The van der Waals surface area contributed by atoms with E-state index in [1.54, 1.807) is 6.26 Å². The molecule has 0 amide bonds. The number of carbonyl (C=O) groups excluding carboxylic acids is 1. The van der Waals surface area contributed by atoms with Crippen LogP contribution in [0.1, 0.15) is 31.4 Å². The zero-order chi connectivity index (χ0) is 10.3. The highest BCUT2D eigenvalue weighted by atomic mass is 16.3. The first-order valence-corrected chi connectivity index (χ1v) is 5.91. The third-order valence-electron chi connectivity index (χ3n) is 3.96. The van der Waals surface area contributed by atoms with Crippen molar-refractivity contribution in [3.63, 3.8) is 0 Å². The second-order valence-corrected chi connectivity index (χ2v) is 4.86. The number of fused-ring (bicyclic) bond motifs is 1. The predicted octanol–water partition coefficient (Wildman–Crippen LogP) is 2.83. The molecule has 0 N–H and O–H groups in total. The van der Waals surface area contributed by atoms with Crippen LogP contribution in [0, 0.1) is 17.8 Å². The van der Waals surface area contributed by atoms with Crippen LogP contribution in [-0.4, -0.2) is 5.78 Å². The molecule has 2 fully saturated rings. The van der Waals surface area contributed by atoms with Gasteiger partial charge in [0.15, 0.2) is 0 Å². The van der Waals surface area contributed by atoms with Gasteiger partial charge in [0.25, 0.3) is 0 Å². The van der Waals surface area contributed by atoms with E-state index in [1.807, 2.05) is 12.1 Å². The van der Waals surface area contributed by atoms with E-state index in [0.29, 0.717) is 18.1 Å². The minimum atomic E-state index is 0.373. The van der Waals surface area contributed by atoms with Crippen LogP contribution < -0.4 is 0 Å². The molecule has 2 aliphatic carbocycles. The quantitative estimate of drug-likeness (QED) is 0.757. The lowest BCUT2D eigenvalue weighted by Gasteiger charge is -2.04. The number of ketones is 1. The Bertz CT molecular complexity index is 341. The Morgan fingerprint density at radius 3 is 2.67 bits per heavy atom. The van der Waals surface area contributed by atoms with Gasteiger partial charge >= 0.3 is 0 Å². The Morgan fingerprint density at radius 2 is 2.07 bits per heavy atom. The van der Waals surface area contributed by atoms with Crippen LogP contribution in [-0.2, 0) is 11.2 Å². The fraction of sp³-hybridized carbons (Fsp3) is 0.615. The summed E-state index contributed by atoms with van der Waals surface area (Å²) in [6.07, 6.45) is 7.35. The molecule has 80 valence electrons. The van der Waals surface area contributed by atoms with Crippen molar-refractivity contribution < 1.29 is 9.21 Å². The minimum absolute atomic E-state index is 0.373. The van der Waals surface area contributed by atoms with E-state index in [-0.39, 0.29) is 0 Å². The fourth-order valence-corrected chi connectivity index (χ4v) is 3.17. The summed E-state index contributed by atoms with van der Waals surface area (Å²) in [6.45, 7) is 0. The van der Waals surface area contributed by atoms with Crippen LogP contribution in [0.4, 0.5) is 0 Å². The van der Waals surface area contributed by atoms with Crippen LogP contribution in [0.15, 0.2) is 22.8 Å². The van der Waals surface area contributed by atoms with Gasteiger partial charge in [-0.1, -0.05) is 12.8 Å². The average molecular weight is 204 g/mol. The van der Waals surface area contributed by atoms with Gasteiger partial charge in [-0.15, -0.1) is 0 Å². The first kappa shape index (κ1) is 9.20. The maximum atomic E-state index is 12.0. The van der Waals surface area contributed by atoms with Gasteiger partial charge in [-0.05, 0) is 36.8 Å². The van der Waals surface area contributed by atoms with Crippen molar-refractivity contribution in [2.24, 2.45) is 17.8 Å². The monoisotopic (exact) mass is 204 g/mol. The highest BCUT2D eigenvalue weighted by Gasteiger charge is 2.54. The lowest BCUT2D eigenvalue weighted by Crippen LogP contribution is -2.06. The van der Waals surface area contributed by atoms with Gasteiger partial charge in [0.05, 0.1) is 12.7 Å². The van der Waals surface area contributed by atoms with Crippen molar-refractivity contribution in [1.29, 1.82) is 0 Å². The fourth-order valence-electron chi connectivity index (χ4n) is 3.17. The molecule has 2 heteroatoms. The van der Waals surface area contributed by atoms with E-state index in [1.165, 1.54) is 25.7 Å². The molecule has 1 aromatic rings. The molecule has 0 aliphatic heterocycles. The number of rotatable bonds is 3.